The fourth-order valence-electron chi connectivity index (χ4n) is 1.11. The first-order valence-electron chi connectivity index (χ1n) is 4.22. The van der Waals surface area contributed by atoms with Gasteiger partial charge in [0.05, 0.1) is 7.11 Å². The standard InChI is InChI=1S/C9H8N4OS/c1-14-8-11-7(12-9(15)13-8)6-2-4-10-5-3-6/h2-5H,1H3,(H,11,12,13,15). The number of hydrogen-bond acceptors (Lipinski definition) is 5. The summed E-state index contributed by atoms with van der Waals surface area (Å²) in [6.07, 6.45) is 3.36. The van der Waals surface area contributed by atoms with E-state index in [9.17, 15) is 0 Å². The number of aromatic amines is 1. The van der Waals surface area contributed by atoms with Crippen LogP contribution in [0.25, 0.3) is 11.4 Å². The molecule has 5 nitrogen and oxygen atoms in total. The van der Waals surface area contributed by atoms with Crippen molar-refractivity contribution in [2.75, 3.05) is 7.11 Å². The number of aromatic nitrogens is 4. The van der Waals surface area contributed by atoms with Gasteiger partial charge in [0.1, 0.15) is 5.82 Å². The number of H-pyrrole nitrogens is 1. The second kappa shape index (κ2) is 4.14. The summed E-state index contributed by atoms with van der Waals surface area (Å²) < 4.78 is 5.22. The van der Waals surface area contributed by atoms with E-state index in [0.29, 0.717) is 11.8 Å². The molecule has 1 N–H and O–H groups in total. The van der Waals surface area contributed by atoms with Gasteiger partial charge in [-0.3, -0.25) is 9.97 Å². The first kappa shape index (κ1) is 9.72. The van der Waals surface area contributed by atoms with Gasteiger partial charge in [0.15, 0.2) is 0 Å². The van der Waals surface area contributed by atoms with Crippen molar-refractivity contribution in [1.82, 2.24) is 19.9 Å². The molecule has 0 bridgehead atoms. The normalized spacial score (nSPS) is 9.93. The highest BCUT2D eigenvalue weighted by atomic mass is 32.1. The molecule has 0 fully saturated rings. The summed E-state index contributed by atoms with van der Waals surface area (Å²) in [5.41, 5.74) is 0.886. The first-order chi connectivity index (χ1) is 7.29. The lowest BCUT2D eigenvalue weighted by Gasteiger charge is -2.02. The van der Waals surface area contributed by atoms with Crippen molar-refractivity contribution in [3.8, 4) is 17.4 Å². The van der Waals surface area contributed by atoms with E-state index in [-0.39, 0.29) is 4.77 Å². The van der Waals surface area contributed by atoms with E-state index in [0.717, 1.165) is 5.56 Å². The number of rotatable bonds is 2. The number of methoxy groups -OCH3 is 1. The maximum absolute atomic E-state index is 4.97. The molecule has 0 aliphatic rings. The zero-order chi connectivity index (χ0) is 10.7. The lowest BCUT2D eigenvalue weighted by molar-refractivity contribution is 0.378. The number of ether oxygens (including phenoxy) is 1. The van der Waals surface area contributed by atoms with Crippen LogP contribution < -0.4 is 4.74 Å². The molecule has 0 unspecified atom stereocenters. The highest BCUT2D eigenvalue weighted by molar-refractivity contribution is 7.71. The third kappa shape index (κ3) is 2.16. The molecule has 0 aliphatic carbocycles. The van der Waals surface area contributed by atoms with E-state index in [2.05, 4.69) is 19.9 Å². The summed E-state index contributed by atoms with van der Waals surface area (Å²) in [6.45, 7) is 0. The van der Waals surface area contributed by atoms with Gasteiger partial charge in [-0.05, 0) is 24.4 Å². The number of nitrogens with one attached hydrogen (secondary N) is 1. The van der Waals surface area contributed by atoms with Gasteiger partial charge in [-0.2, -0.15) is 4.98 Å². The molecule has 0 radical (unpaired) electrons. The second-order valence-electron chi connectivity index (χ2n) is 2.72. The predicted molar refractivity (Wildman–Crippen MR) is 57.0 cm³/mol. The fourth-order valence-corrected chi connectivity index (χ4v) is 1.28. The molecule has 2 aromatic heterocycles. The molecule has 0 amide bonds. The summed E-state index contributed by atoms with van der Waals surface area (Å²) in [7, 11) is 1.52. The van der Waals surface area contributed by atoms with Crippen LogP contribution in [-0.2, 0) is 0 Å². The number of nitrogens with zero attached hydrogens (tertiary/aromatic N) is 3. The second-order valence-corrected chi connectivity index (χ2v) is 3.09. The van der Waals surface area contributed by atoms with E-state index < -0.39 is 0 Å². The Morgan fingerprint density at radius 3 is 2.67 bits per heavy atom. The summed E-state index contributed by atoms with van der Waals surface area (Å²) in [5.74, 6) is 0.620. The lowest BCUT2D eigenvalue weighted by Crippen LogP contribution is -1.97. The van der Waals surface area contributed by atoms with Crippen molar-refractivity contribution in [3.05, 3.63) is 29.3 Å². The van der Waals surface area contributed by atoms with E-state index in [1.54, 1.807) is 12.4 Å². The molecule has 15 heavy (non-hydrogen) atoms. The average Bonchev–Trinajstić information content (AvgIpc) is 2.29. The molecular weight excluding hydrogens is 212 g/mol. The van der Waals surface area contributed by atoms with Gasteiger partial charge in [0, 0.05) is 18.0 Å². The average molecular weight is 220 g/mol. The highest BCUT2D eigenvalue weighted by Crippen LogP contribution is 2.14. The molecule has 0 spiro atoms. The first-order valence-corrected chi connectivity index (χ1v) is 4.63. The molecule has 6 heteroatoms. The zero-order valence-electron chi connectivity index (χ0n) is 7.97. The smallest absolute Gasteiger partial charge is 0.297 e. The highest BCUT2D eigenvalue weighted by Gasteiger charge is 2.02. The summed E-state index contributed by atoms with van der Waals surface area (Å²) >= 11 is 4.92. The molecule has 0 aromatic carbocycles. The van der Waals surface area contributed by atoms with E-state index >= 15 is 0 Å². The van der Waals surface area contributed by atoms with Crippen molar-refractivity contribution in [3.63, 3.8) is 0 Å². The minimum atomic E-state index is 0.248. The van der Waals surface area contributed by atoms with Crippen LogP contribution in [0.2, 0.25) is 0 Å². The lowest BCUT2D eigenvalue weighted by atomic mass is 10.2. The molecule has 2 heterocycles. The maximum Gasteiger partial charge on any atom is 0.297 e. The monoisotopic (exact) mass is 220 g/mol. The van der Waals surface area contributed by atoms with Gasteiger partial charge in [-0.15, -0.1) is 0 Å². The van der Waals surface area contributed by atoms with Gasteiger partial charge in [-0.1, -0.05) is 0 Å². The van der Waals surface area contributed by atoms with Gasteiger partial charge in [0.25, 0.3) is 6.01 Å². The van der Waals surface area contributed by atoms with Crippen LogP contribution in [0.1, 0.15) is 0 Å². The fraction of sp³-hybridized carbons (Fsp3) is 0.111. The third-order valence-electron chi connectivity index (χ3n) is 1.78. The minimum Gasteiger partial charge on any atom is -0.468 e. The van der Waals surface area contributed by atoms with E-state index in [1.807, 2.05) is 12.1 Å². The van der Waals surface area contributed by atoms with Gasteiger partial charge in [0.2, 0.25) is 4.77 Å². The largest absolute Gasteiger partial charge is 0.468 e. The Labute approximate surface area is 91.2 Å². The molecule has 0 aliphatic heterocycles. The van der Waals surface area contributed by atoms with Crippen molar-refractivity contribution in [1.29, 1.82) is 0 Å². The molecular formula is C9H8N4OS. The van der Waals surface area contributed by atoms with Gasteiger partial charge >= 0.3 is 0 Å². The summed E-state index contributed by atoms with van der Waals surface area (Å²) in [5, 5.41) is 0. The molecule has 76 valence electrons. The Bertz CT molecular complexity index is 511. The van der Waals surface area contributed by atoms with Crippen LogP contribution in [0.15, 0.2) is 24.5 Å². The Hall–Kier alpha value is -1.82. The van der Waals surface area contributed by atoms with Crippen molar-refractivity contribution < 1.29 is 4.74 Å². The topological polar surface area (TPSA) is 63.7 Å². The zero-order valence-corrected chi connectivity index (χ0v) is 8.78. The Balaban J connectivity index is 2.54. The Morgan fingerprint density at radius 2 is 2.00 bits per heavy atom. The van der Waals surface area contributed by atoms with Crippen molar-refractivity contribution in [2.24, 2.45) is 0 Å². The van der Waals surface area contributed by atoms with Crippen LogP contribution in [0, 0.1) is 4.77 Å². The van der Waals surface area contributed by atoms with Gasteiger partial charge < -0.3 is 4.74 Å². The van der Waals surface area contributed by atoms with Crippen LogP contribution in [-0.4, -0.2) is 27.0 Å². The van der Waals surface area contributed by atoms with Crippen LogP contribution >= 0.6 is 12.2 Å². The Kier molecular flexibility index (Phi) is 2.68. The summed E-state index contributed by atoms with van der Waals surface area (Å²) in [4.78, 5) is 14.8. The predicted octanol–water partition coefficient (Wildman–Crippen LogP) is 1.60. The van der Waals surface area contributed by atoms with Crippen LogP contribution in [0.3, 0.4) is 0 Å². The Morgan fingerprint density at radius 1 is 1.27 bits per heavy atom. The van der Waals surface area contributed by atoms with E-state index in [1.165, 1.54) is 7.11 Å². The SMILES string of the molecule is COc1nc(=S)nc(-c2ccncc2)[nH]1. The minimum absolute atomic E-state index is 0.248. The van der Waals surface area contributed by atoms with Crippen molar-refractivity contribution in [2.45, 2.75) is 0 Å². The molecule has 0 saturated heterocycles. The maximum atomic E-state index is 4.97. The molecule has 2 rings (SSSR count). The van der Waals surface area contributed by atoms with Crippen LogP contribution in [0.4, 0.5) is 0 Å². The number of pyridine rings is 1. The van der Waals surface area contributed by atoms with E-state index in [4.69, 9.17) is 17.0 Å². The summed E-state index contributed by atoms with van der Waals surface area (Å²) in [6, 6.07) is 4.00. The quantitative estimate of drug-likeness (QED) is 0.779. The molecule has 0 atom stereocenters. The van der Waals surface area contributed by atoms with Gasteiger partial charge in [-0.25, -0.2) is 4.98 Å². The number of hydrogen-bond donors (Lipinski definition) is 1. The third-order valence-corrected chi connectivity index (χ3v) is 1.96. The molecule has 0 saturated carbocycles. The van der Waals surface area contributed by atoms with Crippen LogP contribution in [0.5, 0.6) is 6.01 Å². The van der Waals surface area contributed by atoms with Crippen molar-refractivity contribution >= 4 is 12.2 Å². The molecule has 2 aromatic rings.